The Labute approximate surface area is 245 Å². The zero-order valence-corrected chi connectivity index (χ0v) is 23.7. The van der Waals surface area contributed by atoms with Crippen molar-refractivity contribution in [2.75, 3.05) is 11.9 Å². The average molecular weight is 538 g/mol. The van der Waals surface area contributed by atoms with Gasteiger partial charge in [0.2, 0.25) is 11.0 Å². The highest BCUT2D eigenvalue weighted by Crippen LogP contribution is 2.58. The molecule has 0 unspecified atom stereocenters. The van der Waals surface area contributed by atoms with Crippen molar-refractivity contribution in [3.8, 4) is 0 Å². The van der Waals surface area contributed by atoms with E-state index in [1.807, 2.05) is 0 Å². The van der Waals surface area contributed by atoms with Crippen LogP contribution in [0.3, 0.4) is 0 Å². The number of rotatable bonds is 2. The van der Waals surface area contributed by atoms with Gasteiger partial charge in [0.25, 0.3) is 0 Å². The van der Waals surface area contributed by atoms with E-state index >= 15 is 0 Å². The normalized spacial score (nSPS) is 14.2. The van der Waals surface area contributed by atoms with Crippen LogP contribution in [0.2, 0.25) is 0 Å². The molecule has 2 heterocycles. The van der Waals surface area contributed by atoms with Gasteiger partial charge in [0.1, 0.15) is 7.05 Å². The lowest BCUT2D eigenvalue weighted by Gasteiger charge is -2.37. The number of aryl methyl sites for hydroxylation is 1. The van der Waals surface area contributed by atoms with E-state index in [0.29, 0.717) is 0 Å². The summed E-state index contributed by atoms with van der Waals surface area (Å²) in [6, 6.07) is 49.4. The molecule has 2 nitrogen and oxygen atoms in total. The first-order valence-electron chi connectivity index (χ1n) is 14.7. The Morgan fingerprint density at radius 2 is 1.07 bits per heavy atom. The van der Waals surface area contributed by atoms with E-state index in [4.69, 9.17) is 0 Å². The van der Waals surface area contributed by atoms with E-state index in [1.54, 1.807) is 0 Å². The SMILES string of the molecule is CN1c2ccccc2C(C2=C(c3c4ccccc4[n+](C)c4ccccc34)c3cccc4cccc2c34)c2ccccc21. The van der Waals surface area contributed by atoms with Crippen LogP contribution in [-0.2, 0) is 7.05 Å². The number of para-hydroxylation sites is 4. The third-order valence-electron chi connectivity index (χ3n) is 9.56. The maximum Gasteiger partial charge on any atom is 0.213 e. The maximum atomic E-state index is 2.36. The van der Waals surface area contributed by atoms with Gasteiger partial charge in [0.15, 0.2) is 0 Å². The molecule has 0 atom stereocenters. The molecule has 1 aromatic heterocycles. The summed E-state index contributed by atoms with van der Waals surface area (Å²) in [4.78, 5) is 2.36. The van der Waals surface area contributed by atoms with E-state index in [2.05, 4.69) is 157 Å². The van der Waals surface area contributed by atoms with Crippen molar-refractivity contribution in [1.29, 1.82) is 0 Å². The van der Waals surface area contributed by atoms with Gasteiger partial charge in [0, 0.05) is 42.0 Å². The smallest absolute Gasteiger partial charge is 0.213 e. The summed E-state index contributed by atoms with van der Waals surface area (Å²) in [6.07, 6.45) is 0. The summed E-state index contributed by atoms with van der Waals surface area (Å²) in [5.74, 6) is 0.0908. The van der Waals surface area contributed by atoms with Crippen molar-refractivity contribution in [3.63, 3.8) is 0 Å². The Morgan fingerprint density at radius 3 is 1.69 bits per heavy atom. The molecule has 0 radical (unpaired) electrons. The molecule has 1 aliphatic heterocycles. The van der Waals surface area contributed by atoms with Crippen molar-refractivity contribution in [3.05, 3.63) is 161 Å². The van der Waals surface area contributed by atoms with Crippen molar-refractivity contribution in [2.45, 2.75) is 5.92 Å². The molecule has 9 rings (SSSR count). The molecule has 0 fully saturated rings. The molecule has 1 aliphatic carbocycles. The number of hydrogen-bond acceptors (Lipinski definition) is 1. The number of allylic oxidation sites excluding steroid dienone is 1. The van der Waals surface area contributed by atoms with Gasteiger partial charge in [-0.1, -0.05) is 97.1 Å². The van der Waals surface area contributed by atoms with Gasteiger partial charge in [-0.2, -0.15) is 4.57 Å². The Bertz CT molecular complexity index is 2180. The molecular formula is C40H29N2+. The highest BCUT2D eigenvalue weighted by molar-refractivity contribution is 6.24. The first kappa shape index (κ1) is 23.5. The minimum Gasteiger partial charge on any atom is -0.344 e. The van der Waals surface area contributed by atoms with Crippen molar-refractivity contribution in [2.24, 2.45) is 7.05 Å². The maximum absolute atomic E-state index is 2.36. The van der Waals surface area contributed by atoms with Crippen LogP contribution < -0.4 is 9.47 Å². The molecule has 2 heteroatoms. The second-order valence-corrected chi connectivity index (χ2v) is 11.6. The largest absolute Gasteiger partial charge is 0.344 e. The van der Waals surface area contributed by atoms with Crippen LogP contribution in [0.4, 0.5) is 11.4 Å². The zero-order valence-electron chi connectivity index (χ0n) is 23.7. The van der Waals surface area contributed by atoms with E-state index in [-0.39, 0.29) is 5.92 Å². The van der Waals surface area contributed by atoms with Crippen molar-refractivity contribution >= 4 is 55.1 Å². The number of benzene rings is 6. The molecule has 2 aliphatic rings. The minimum atomic E-state index is 0.0908. The topological polar surface area (TPSA) is 7.12 Å². The van der Waals surface area contributed by atoms with Crippen LogP contribution in [0.1, 0.15) is 33.7 Å². The van der Waals surface area contributed by atoms with Crippen LogP contribution in [0.15, 0.2) is 133 Å². The Morgan fingerprint density at radius 1 is 0.548 bits per heavy atom. The number of pyridine rings is 1. The zero-order chi connectivity index (χ0) is 27.9. The van der Waals surface area contributed by atoms with Crippen LogP contribution in [-0.4, -0.2) is 7.05 Å². The van der Waals surface area contributed by atoms with Crippen LogP contribution in [0.5, 0.6) is 0 Å². The van der Waals surface area contributed by atoms with Gasteiger partial charge in [-0.05, 0) is 68.4 Å². The molecule has 198 valence electrons. The average Bonchev–Trinajstić information content (AvgIpc) is 3.37. The van der Waals surface area contributed by atoms with E-state index in [1.165, 1.54) is 82.9 Å². The summed E-state index contributed by atoms with van der Waals surface area (Å²) < 4.78 is 2.34. The number of fused-ring (bicyclic) bond motifs is 4. The summed E-state index contributed by atoms with van der Waals surface area (Å²) in [7, 11) is 4.39. The van der Waals surface area contributed by atoms with Gasteiger partial charge in [-0.15, -0.1) is 0 Å². The summed E-state index contributed by atoms with van der Waals surface area (Å²) >= 11 is 0. The predicted molar refractivity (Wildman–Crippen MR) is 175 cm³/mol. The second-order valence-electron chi connectivity index (χ2n) is 11.6. The lowest BCUT2D eigenvalue weighted by atomic mass is 9.76. The first-order valence-corrected chi connectivity index (χ1v) is 14.7. The van der Waals surface area contributed by atoms with E-state index in [9.17, 15) is 0 Å². The van der Waals surface area contributed by atoms with Gasteiger partial charge >= 0.3 is 0 Å². The second kappa shape index (κ2) is 8.64. The monoisotopic (exact) mass is 537 g/mol. The number of hydrogen-bond donors (Lipinski definition) is 0. The summed E-state index contributed by atoms with van der Waals surface area (Å²) in [5.41, 5.74) is 14.5. The van der Waals surface area contributed by atoms with Gasteiger partial charge in [-0.3, -0.25) is 0 Å². The molecule has 0 N–H and O–H groups in total. The fourth-order valence-corrected chi connectivity index (χ4v) is 7.80. The third-order valence-corrected chi connectivity index (χ3v) is 9.56. The van der Waals surface area contributed by atoms with Gasteiger partial charge in [-0.25, -0.2) is 0 Å². The van der Waals surface area contributed by atoms with Crippen molar-refractivity contribution in [1.82, 2.24) is 0 Å². The van der Waals surface area contributed by atoms with Crippen LogP contribution in [0, 0.1) is 0 Å². The van der Waals surface area contributed by atoms with Gasteiger partial charge < -0.3 is 4.90 Å². The highest BCUT2D eigenvalue weighted by atomic mass is 15.1. The standard InChI is InChI=1S/C40H29N2/c1-41-32-21-7-3-15-26(32)37(27-16-4-8-22-33(27)41)39-30-19-11-13-25-14-12-20-31(36(25)30)40(39)38-28-17-5-9-23-34(28)42(2)35-24-10-6-18-29(35)38/h3-24,37H,1-2H3/q+1. The number of nitrogens with zero attached hydrogens (tertiary/aromatic N) is 2. The number of aromatic nitrogens is 1. The molecule has 0 amide bonds. The summed E-state index contributed by atoms with van der Waals surface area (Å²) in [6.45, 7) is 0. The molecule has 7 aromatic rings. The molecule has 0 saturated heterocycles. The molecule has 6 aromatic carbocycles. The van der Waals surface area contributed by atoms with Crippen LogP contribution >= 0.6 is 0 Å². The molecular weight excluding hydrogens is 508 g/mol. The Hall–Kier alpha value is -5.21. The van der Waals surface area contributed by atoms with Crippen molar-refractivity contribution < 1.29 is 4.57 Å². The number of anilines is 2. The summed E-state index contributed by atoms with van der Waals surface area (Å²) in [5, 5.41) is 5.22. The van der Waals surface area contributed by atoms with Crippen LogP contribution in [0.25, 0.3) is 43.7 Å². The molecule has 0 spiro atoms. The van der Waals surface area contributed by atoms with Gasteiger partial charge in [0.05, 0.1) is 10.8 Å². The Balaban J connectivity index is 1.52. The lowest BCUT2D eigenvalue weighted by Crippen LogP contribution is -2.30. The van der Waals surface area contributed by atoms with E-state index in [0.717, 1.165) is 0 Å². The first-order chi connectivity index (χ1) is 20.7. The quantitative estimate of drug-likeness (QED) is 0.158. The molecule has 0 bridgehead atoms. The minimum absolute atomic E-state index is 0.0908. The highest BCUT2D eigenvalue weighted by Gasteiger charge is 2.38. The fraction of sp³-hybridized carbons (Fsp3) is 0.0750. The third kappa shape index (κ3) is 3.01. The lowest BCUT2D eigenvalue weighted by molar-refractivity contribution is -0.617. The van der Waals surface area contributed by atoms with E-state index < -0.39 is 0 Å². The predicted octanol–water partition coefficient (Wildman–Crippen LogP) is 9.16. The molecule has 42 heavy (non-hydrogen) atoms. The Kier molecular flexibility index (Phi) is 4.83. The molecule has 0 saturated carbocycles. The fourth-order valence-electron chi connectivity index (χ4n) is 7.80.